The third kappa shape index (κ3) is 3.27. The predicted octanol–water partition coefficient (Wildman–Crippen LogP) is 2.43. The smallest absolute Gasteiger partial charge is 0.317 e. The van der Waals surface area contributed by atoms with Crippen molar-refractivity contribution in [3.05, 3.63) is 28.3 Å². The molecule has 1 rings (SSSR count). The first-order chi connectivity index (χ1) is 7.99. The number of benzene rings is 1. The lowest BCUT2D eigenvalue weighted by Gasteiger charge is -2.18. The number of methoxy groups -OCH3 is 1. The number of carbonyl (C=O) groups excluding carboxylic acids is 1. The van der Waals surface area contributed by atoms with Crippen LogP contribution in [0.4, 0.5) is 4.79 Å². The number of rotatable bonds is 3. The first-order valence-corrected chi connectivity index (χ1v) is 5.63. The maximum atomic E-state index is 11.4. The number of urea groups is 1. The molecule has 0 aromatic heterocycles. The van der Waals surface area contributed by atoms with Crippen molar-refractivity contribution < 1.29 is 9.53 Å². The lowest BCUT2D eigenvalue weighted by atomic mass is 10.1. The number of amides is 2. The number of ether oxygens (including phenoxy) is 1. The average Bonchev–Trinajstić information content (AvgIpc) is 2.32. The van der Waals surface area contributed by atoms with Crippen LogP contribution in [0.1, 0.15) is 11.1 Å². The third-order valence-electron chi connectivity index (χ3n) is 2.58. The van der Waals surface area contributed by atoms with E-state index < -0.39 is 0 Å². The summed E-state index contributed by atoms with van der Waals surface area (Å²) < 4.78 is 5.13. The van der Waals surface area contributed by atoms with Crippen molar-refractivity contribution >= 4 is 17.6 Å². The van der Waals surface area contributed by atoms with E-state index in [1.165, 1.54) is 0 Å². The molecule has 0 unspecified atom stereocenters. The number of nitrogens with one attached hydrogen (secondary N) is 1. The summed E-state index contributed by atoms with van der Waals surface area (Å²) in [7, 11) is 4.92. The molecule has 2 amide bonds. The number of hydrogen-bond donors (Lipinski definition) is 1. The van der Waals surface area contributed by atoms with Gasteiger partial charge in [0.1, 0.15) is 5.75 Å². The highest BCUT2D eigenvalue weighted by molar-refractivity contribution is 6.32. The van der Waals surface area contributed by atoms with Crippen LogP contribution in [0.2, 0.25) is 5.02 Å². The van der Waals surface area contributed by atoms with Gasteiger partial charge in [0.2, 0.25) is 0 Å². The first-order valence-electron chi connectivity index (χ1n) is 5.25. The summed E-state index contributed by atoms with van der Waals surface area (Å²) in [5.41, 5.74) is 2.05. The van der Waals surface area contributed by atoms with Gasteiger partial charge in [-0.15, -0.1) is 0 Å². The minimum atomic E-state index is -0.128. The van der Waals surface area contributed by atoms with E-state index in [1.807, 2.05) is 19.1 Å². The molecule has 0 heterocycles. The molecule has 1 N–H and O–H groups in total. The van der Waals surface area contributed by atoms with E-state index in [0.29, 0.717) is 17.3 Å². The number of halogens is 1. The van der Waals surface area contributed by atoms with Crippen LogP contribution in [0.5, 0.6) is 5.75 Å². The van der Waals surface area contributed by atoms with Crippen LogP contribution in [-0.2, 0) is 6.54 Å². The Labute approximate surface area is 107 Å². The number of nitrogens with zero attached hydrogens (tertiary/aromatic N) is 1. The molecule has 0 saturated carbocycles. The molecule has 0 radical (unpaired) electrons. The van der Waals surface area contributed by atoms with E-state index in [0.717, 1.165) is 11.1 Å². The van der Waals surface area contributed by atoms with Crippen molar-refractivity contribution in [1.29, 1.82) is 0 Å². The zero-order chi connectivity index (χ0) is 13.0. The summed E-state index contributed by atoms with van der Waals surface area (Å²) in [6, 6.07) is 3.57. The second kappa shape index (κ2) is 5.77. The maximum Gasteiger partial charge on any atom is 0.317 e. The summed E-state index contributed by atoms with van der Waals surface area (Å²) in [5, 5.41) is 3.13. The van der Waals surface area contributed by atoms with Crippen molar-refractivity contribution in [3.63, 3.8) is 0 Å². The van der Waals surface area contributed by atoms with Crippen LogP contribution in [0, 0.1) is 6.92 Å². The van der Waals surface area contributed by atoms with Crippen LogP contribution in [0.25, 0.3) is 0 Å². The molecule has 0 atom stereocenters. The Balaban J connectivity index is 2.92. The fraction of sp³-hybridized carbons (Fsp3) is 0.417. The molecule has 0 aliphatic heterocycles. The largest absolute Gasteiger partial charge is 0.495 e. The standard InChI is InChI=1S/C12H17ClN2O2/c1-8-5-11(17-4)10(13)6-9(8)7-15(3)12(16)14-2/h5-6H,7H2,1-4H3,(H,14,16). The molecular formula is C12H17ClN2O2. The lowest BCUT2D eigenvalue weighted by Crippen LogP contribution is -2.34. The second-order valence-electron chi connectivity index (χ2n) is 3.82. The molecule has 0 spiro atoms. The van der Waals surface area contributed by atoms with Crippen molar-refractivity contribution in [3.8, 4) is 5.75 Å². The zero-order valence-electron chi connectivity index (χ0n) is 10.5. The highest BCUT2D eigenvalue weighted by atomic mass is 35.5. The number of carbonyl (C=O) groups is 1. The molecule has 0 aliphatic rings. The minimum Gasteiger partial charge on any atom is -0.495 e. The van der Waals surface area contributed by atoms with E-state index >= 15 is 0 Å². The van der Waals surface area contributed by atoms with Crippen LogP contribution < -0.4 is 10.1 Å². The fourth-order valence-corrected chi connectivity index (χ4v) is 1.80. The van der Waals surface area contributed by atoms with Gasteiger partial charge in [-0.1, -0.05) is 11.6 Å². The first kappa shape index (κ1) is 13.6. The fourth-order valence-electron chi connectivity index (χ4n) is 1.54. The Morgan fingerprint density at radius 2 is 2.18 bits per heavy atom. The molecule has 4 nitrogen and oxygen atoms in total. The molecule has 5 heteroatoms. The Morgan fingerprint density at radius 3 is 2.71 bits per heavy atom. The Morgan fingerprint density at radius 1 is 1.53 bits per heavy atom. The maximum absolute atomic E-state index is 11.4. The van der Waals surface area contributed by atoms with E-state index in [-0.39, 0.29) is 6.03 Å². The Kier molecular flexibility index (Phi) is 4.63. The summed E-state index contributed by atoms with van der Waals surface area (Å²) in [6.07, 6.45) is 0. The lowest BCUT2D eigenvalue weighted by molar-refractivity contribution is 0.209. The van der Waals surface area contributed by atoms with E-state index in [2.05, 4.69) is 5.32 Å². The van der Waals surface area contributed by atoms with Crippen LogP contribution in [0.15, 0.2) is 12.1 Å². The third-order valence-corrected chi connectivity index (χ3v) is 2.87. The topological polar surface area (TPSA) is 41.6 Å². The molecule has 17 heavy (non-hydrogen) atoms. The van der Waals surface area contributed by atoms with E-state index in [1.54, 1.807) is 26.1 Å². The summed E-state index contributed by atoms with van der Waals surface area (Å²) in [6.45, 7) is 2.47. The van der Waals surface area contributed by atoms with Gasteiger partial charge in [-0.25, -0.2) is 4.79 Å². The van der Waals surface area contributed by atoms with Crippen molar-refractivity contribution in [2.75, 3.05) is 21.2 Å². The molecule has 0 aliphatic carbocycles. The molecule has 0 saturated heterocycles. The molecule has 0 bridgehead atoms. The Hall–Kier alpha value is -1.42. The van der Waals surface area contributed by atoms with Gasteiger partial charge in [0.15, 0.2) is 0 Å². The van der Waals surface area contributed by atoms with E-state index in [9.17, 15) is 4.79 Å². The van der Waals surface area contributed by atoms with Crippen LogP contribution in [0.3, 0.4) is 0 Å². The van der Waals surface area contributed by atoms with Gasteiger partial charge >= 0.3 is 6.03 Å². The zero-order valence-corrected chi connectivity index (χ0v) is 11.3. The van der Waals surface area contributed by atoms with Crippen molar-refractivity contribution in [1.82, 2.24) is 10.2 Å². The number of aryl methyl sites for hydroxylation is 1. The van der Waals surface area contributed by atoms with Crippen molar-refractivity contribution in [2.45, 2.75) is 13.5 Å². The average molecular weight is 257 g/mol. The summed E-state index contributed by atoms with van der Waals surface area (Å²) >= 11 is 6.05. The van der Waals surface area contributed by atoms with Crippen LogP contribution >= 0.6 is 11.6 Å². The molecule has 94 valence electrons. The number of hydrogen-bond acceptors (Lipinski definition) is 2. The van der Waals surface area contributed by atoms with Crippen molar-refractivity contribution in [2.24, 2.45) is 0 Å². The van der Waals surface area contributed by atoms with E-state index in [4.69, 9.17) is 16.3 Å². The van der Waals surface area contributed by atoms with Gasteiger partial charge in [-0.3, -0.25) is 0 Å². The van der Waals surface area contributed by atoms with Gasteiger partial charge in [0, 0.05) is 20.6 Å². The highest BCUT2D eigenvalue weighted by Crippen LogP contribution is 2.28. The molecular weight excluding hydrogens is 240 g/mol. The quantitative estimate of drug-likeness (QED) is 0.903. The minimum absolute atomic E-state index is 0.128. The summed E-state index contributed by atoms with van der Waals surface area (Å²) in [5.74, 6) is 0.649. The normalized spacial score (nSPS) is 9.94. The van der Waals surface area contributed by atoms with Gasteiger partial charge in [0.25, 0.3) is 0 Å². The van der Waals surface area contributed by atoms with Gasteiger partial charge in [-0.2, -0.15) is 0 Å². The monoisotopic (exact) mass is 256 g/mol. The predicted molar refractivity (Wildman–Crippen MR) is 68.7 cm³/mol. The molecule has 1 aromatic rings. The Bertz CT molecular complexity index is 421. The van der Waals surface area contributed by atoms with Gasteiger partial charge in [-0.05, 0) is 30.2 Å². The van der Waals surface area contributed by atoms with Gasteiger partial charge < -0.3 is 15.0 Å². The SMILES string of the molecule is CNC(=O)N(C)Cc1cc(Cl)c(OC)cc1C. The molecule has 1 aromatic carbocycles. The second-order valence-corrected chi connectivity index (χ2v) is 4.23. The van der Waals surface area contributed by atoms with Gasteiger partial charge in [0.05, 0.1) is 12.1 Å². The summed E-state index contributed by atoms with van der Waals surface area (Å²) in [4.78, 5) is 13.0. The molecule has 0 fully saturated rings. The highest BCUT2D eigenvalue weighted by Gasteiger charge is 2.11. The van der Waals surface area contributed by atoms with Crippen LogP contribution in [-0.4, -0.2) is 32.1 Å².